The van der Waals surface area contributed by atoms with Crippen LogP contribution in [0.15, 0.2) is 47.4 Å². The summed E-state index contributed by atoms with van der Waals surface area (Å²) in [5, 5.41) is 2.79. The first-order chi connectivity index (χ1) is 12.9. The van der Waals surface area contributed by atoms with E-state index in [9.17, 15) is 13.2 Å². The molecule has 0 atom stereocenters. The summed E-state index contributed by atoms with van der Waals surface area (Å²) in [5.74, 6) is 0.881. The number of methoxy groups -OCH3 is 2. The van der Waals surface area contributed by atoms with Crippen molar-refractivity contribution in [2.24, 2.45) is 0 Å². The van der Waals surface area contributed by atoms with E-state index in [0.29, 0.717) is 30.9 Å². The number of benzene rings is 2. The van der Waals surface area contributed by atoms with Gasteiger partial charge < -0.3 is 14.8 Å². The molecule has 146 valence electrons. The molecule has 2 rings (SSSR count). The van der Waals surface area contributed by atoms with E-state index in [1.165, 1.54) is 12.1 Å². The van der Waals surface area contributed by atoms with Gasteiger partial charge in [0.1, 0.15) is 0 Å². The highest BCUT2D eigenvalue weighted by Crippen LogP contribution is 2.27. The Balaban J connectivity index is 2.07. The second-order valence-corrected chi connectivity index (χ2v) is 8.09. The maximum atomic E-state index is 12.5. The zero-order chi connectivity index (χ0) is 19.9. The first-order valence-electron chi connectivity index (χ1n) is 8.73. The van der Waals surface area contributed by atoms with Crippen molar-refractivity contribution in [1.82, 2.24) is 5.32 Å². The number of amides is 1. The Labute approximate surface area is 160 Å². The highest BCUT2D eigenvalue weighted by atomic mass is 32.2. The van der Waals surface area contributed by atoms with Crippen LogP contribution in [0, 0.1) is 0 Å². The number of rotatable bonds is 9. The monoisotopic (exact) mass is 391 g/mol. The molecule has 0 fully saturated rings. The van der Waals surface area contributed by atoms with Crippen LogP contribution >= 0.6 is 0 Å². The van der Waals surface area contributed by atoms with Crippen LogP contribution in [0.1, 0.15) is 29.3 Å². The van der Waals surface area contributed by atoms with Gasteiger partial charge >= 0.3 is 0 Å². The Morgan fingerprint density at radius 1 is 1.04 bits per heavy atom. The van der Waals surface area contributed by atoms with E-state index in [2.05, 4.69) is 5.32 Å². The molecule has 0 bridgehead atoms. The van der Waals surface area contributed by atoms with Gasteiger partial charge in [-0.3, -0.25) is 4.79 Å². The smallest absolute Gasteiger partial charge is 0.252 e. The van der Waals surface area contributed by atoms with Crippen molar-refractivity contribution >= 4 is 15.7 Å². The van der Waals surface area contributed by atoms with Crippen molar-refractivity contribution in [2.75, 3.05) is 26.5 Å². The van der Waals surface area contributed by atoms with E-state index in [4.69, 9.17) is 9.47 Å². The Kier molecular flexibility index (Phi) is 7.24. The van der Waals surface area contributed by atoms with Crippen LogP contribution in [-0.4, -0.2) is 40.8 Å². The molecule has 1 amide bonds. The number of sulfone groups is 1. The van der Waals surface area contributed by atoms with Crippen molar-refractivity contribution in [2.45, 2.75) is 24.7 Å². The molecule has 0 radical (unpaired) electrons. The molecule has 0 aromatic heterocycles. The predicted octanol–water partition coefficient (Wildman–Crippen LogP) is 2.86. The van der Waals surface area contributed by atoms with E-state index < -0.39 is 15.7 Å². The normalized spacial score (nSPS) is 11.1. The van der Waals surface area contributed by atoms with Crippen molar-refractivity contribution in [3.8, 4) is 11.5 Å². The molecule has 6 nitrogen and oxygen atoms in total. The lowest BCUT2D eigenvalue weighted by Crippen LogP contribution is -2.27. The predicted molar refractivity (Wildman–Crippen MR) is 104 cm³/mol. The first-order valence-corrected chi connectivity index (χ1v) is 10.4. The molecule has 2 aromatic rings. The van der Waals surface area contributed by atoms with Crippen LogP contribution in [0.25, 0.3) is 0 Å². The van der Waals surface area contributed by atoms with Gasteiger partial charge in [-0.2, -0.15) is 0 Å². The largest absolute Gasteiger partial charge is 0.493 e. The van der Waals surface area contributed by atoms with Crippen LogP contribution in [0.2, 0.25) is 0 Å². The molecule has 0 saturated heterocycles. The lowest BCUT2D eigenvalue weighted by molar-refractivity contribution is 0.0951. The number of carbonyl (C=O) groups is 1. The second kappa shape index (κ2) is 9.41. The molecule has 1 N–H and O–H groups in total. The highest BCUT2D eigenvalue weighted by Gasteiger charge is 2.21. The van der Waals surface area contributed by atoms with Gasteiger partial charge in [-0.15, -0.1) is 0 Å². The molecule has 0 aliphatic carbocycles. The molecule has 0 unspecified atom stereocenters. The van der Waals surface area contributed by atoms with Gasteiger partial charge in [-0.25, -0.2) is 8.42 Å². The van der Waals surface area contributed by atoms with Crippen LogP contribution in [0.4, 0.5) is 0 Å². The molecule has 27 heavy (non-hydrogen) atoms. The van der Waals surface area contributed by atoms with Crippen LogP contribution < -0.4 is 14.8 Å². The average Bonchev–Trinajstić information content (AvgIpc) is 2.67. The Bertz CT molecular complexity index is 893. The quantitative estimate of drug-likeness (QED) is 0.711. The van der Waals surface area contributed by atoms with Crippen molar-refractivity contribution in [3.05, 3.63) is 53.6 Å². The van der Waals surface area contributed by atoms with E-state index in [1.807, 2.05) is 18.2 Å². The minimum atomic E-state index is -3.47. The third-order valence-corrected chi connectivity index (χ3v) is 6.06. The fourth-order valence-electron chi connectivity index (χ4n) is 2.76. The van der Waals surface area contributed by atoms with Gasteiger partial charge in [0.2, 0.25) is 0 Å². The zero-order valence-electron chi connectivity index (χ0n) is 15.8. The molecular formula is C20H25NO5S. The molecule has 0 saturated carbocycles. The van der Waals surface area contributed by atoms with E-state index in [0.717, 1.165) is 5.56 Å². The van der Waals surface area contributed by atoms with Gasteiger partial charge in [0.25, 0.3) is 5.91 Å². The standard InChI is InChI=1S/C20H25NO5S/c1-4-13-27(23,24)19-8-6-5-7-16(19)20(22)21-12-11-15-9-10-17(25-2)18(14-15)26-3/h5-10,14H,4,11-13H2,1-3H3,(H,21,22). The van der Waals surface area contributed by atoms with Crippen LogP contribution in [-0.2, 0) is 16.3 Å². The summed E-state index contributed by atoms with van der Waals surface area (Å²) in [6.45, 7) is 2.17. The lowest BCUT2D eigenvalue weighted by atomic mass is 10.1. The molecule has 2 aromatic carbocycles. The minimum absolute atomic E-state index is 0.0168. The Morgan fingerprint density at radius 2 is 1.74 bits per heavy atom. The zero-order valence-corrected chi connectivity index (χ0v) is 16.6. The molecule has 0 heterocycles. The van der Waals surface area contributed by atoms with Crippen molar-refractivity contribution < 1.29 is 22.7 Å². The van der Waals surface area contributed by atoms with Crippen molar-refractivity contribution in [3.63, 3.8) is 0 Å². The summed E-state index contributed by atoms with van der Waals surface area (Å²) in [4.78, 5) is 12.6. The highest BCUT2D eigenvalue weighted by molar-refractivity contribution is 7.91. The molecular weight excluding hydrogens is 366 g/mol. The summed E-state index contributed by atoms with van der Waals surface area (Å²) in [5.41, 5.74) is 1.15. The van der Waals surface area contributed by atoms with Crippen molar-refractivity contribution in [1.29, 1.82) is 0 Å². The Hall–Kier alpha value is -2.54. The maximum Gasteiger partial charge on any atom is 0.252 e. The molecule has 0 aliphatic rings. The number of carbonyl (C=O) groups excluding carboxylic acids is 1. The summed E-state index contributed by atoms with van der Waals surface area (Å²) in [6, 6.07) is 11.9. The second-order valence-electron chi connectivity index (χ2n) is 6.01. The van der Waals surface area contributed by atoms with Gasteiger partial charge in [-0.1, -0.05) is 25.1 Å². The lowest BCUT2D eigenvalue weighted by Gasteiger charge is -2.12. The minimum Gasteiger partial charge on any atom is -0.493 e. The van der Waals surface area contributed by atoms with Gasteiger partial charge in [0.05, 0.1) is 30.4 Å². The first kappa shape index (κ1) is 20.8. The number of ether oxygens (including phenoxy) is 2. The topological polar surface area (TPSA) is 81.7 Å². The maximum absolute atomic E-state index is 12.5. The SMILES string of the molecule is CCCS(=O)(=O)c1ccccc1C(=O)NCCc1ccc(OC)c(OC)c1. The summed E-state index contributed by atoms with van der Waals surface area (Å²) < 4.78 is 35.2. The van der Waals surface area contributed by atoms with Gasteiger partial charge in [0, 0.05) is 6.54 Å². The van der Waals surface area contributed by atoms with E-state index in [1.54, 1.807) is 33.3 Å². The fraction of sp³-hybridized carbons (Fsp3) is 0.350. The number of hydrogen-bond donors (Lipinski definition) is 1. The third kappa shape index (κ3) is 5.23. The van der Waals surface area contributed by atoms with E-state index >= 15 is 0 Å². The summed E-state index contributed by atoms with van der Waals surface area (Å²) in [7, 11) is -0.333. The van der Waals surface area contributed by atoms with Crippen LogP contribution in [0.3, 0.4) is 0 Å². The molecule has 0 spiro atoms. The summed E-state index contributed by atoms with van der Waals surface area (Å²) in [6.07, 6.45) is 1.08. The average molecular weight is 391 g/mol. The summed E-state index contributed by atoms with van der Waals surface area (Å²) >= 11 is 0. The molecule has 7 heteroatoms. The number of hydrogen-bond acceptors (Lipinski definition) is 5. The van der Waals surface area contributed by atoms with Gasteiger partial charge in [0.15, 0.2) is 21.3 Å². The number of nitrogens with one attached hydrogen (secondary N) is 1. The van der Waals surface area contributed by atoms with Gasteiger partial charge in [-0.05, 0) is 42.7 Å². The fourth-order valence-corrected chi connectivity index (χ4v) is 4.29. The van der Waals surface area contributed by atoms with Crippen LogP contribution in [0.5, 0.6) is 11.5 Å². The molecule has 0 aliphatic heterocycles. The Morgan fingerprint density at radius 3 is 2.41 bits per heavy atom. The van der Waals surface area contributed by atoms with E-state index in [-0.39, 0.29) is 16.2 Å². The third-order valence-electron chi connectivity index (χ3n) is 4.09.